The molecule has 0 fully saturated rings. The zero-order valence-electron chi connectivity index (χ0n) is 16.2. The van der Waals surface area contributed by atoms with Crippen LogP contribution in [0.4, 0.5) is 0 Å². The third kappa shape index (κ3) is 6.13. The Hall–Kier alpha value is -2.83. The smallest absolute Gasteiger partial charge is 0.323 e. The Bertz CT molecular complexity index is 761. The van der Waals surface area contributed by atoms with Gasteiger partial charge in [-0.05, 0) is 37.5 Å². The molecule has 1 aromatic heterocycles. The van der Waals surface area contributed by atoms with Gasteiger partial charge in [-0.2, -0.15) is 0 Å². The summed E-state index contributed by atoms with van der Waals surface area (Å²) in [5.74, 6) is 0.408. The molecule has 0 saturated carbocycles. The predicted octanol–water partition coefficient (Wildman–Crippen LogP) is 2.98. The van der Waals surface area contributed by atoms with Crippen molar-refractivity contribution in [3.05, 3.63) is 46.8 Å². The molecular weight excluding hydrogens is 348 g/mol. The number of carboxylic acid groups (broad SMARTS) is 1. The first kappa shape index (κ1) is 20.5. The van der Waals surface area contributed by atoms with Crippen molar-refractivity contribution in [1.29, 1.82) is 0 Å². The van der Waals surface area contributed by atoms with Crippen molar-refractivity contribution in [2.24, 2.45) is 5.92 Å². The number of aliphatic carboxylic acids is 1. The van der Waals surface area contributed by atoms with E-state index in [9.17, 15) is 9.59 Å². The fourth-order valence-electron chi connectivity index (χ4n) is 2.71. The van der Waals surface area contributed by atoms with Crippen molar-refractivity contribution in [1.82, 2.24) is 10.1 Å². The summed E-state index contributed by atoms with van der Waals surface area (Å²) < 4.78 is 10.9. The summed E-state index contributed by atoms with van der Waals surface area (Å²) in [5, 5.41) is 12.9. The molecule has 0 saturated heterocycles. The lowest BCUT2D eigenvalue weighted by atomic mass is 10.1. The van der Waals surface area contributed by atoms with E-state index < -0.39 is 5.97 Å². The van der Waals surface area contributed by atoms with Crippen molar-refractivity contribution in [3.63, 3.8) is 0 Å². The summed E-state index contributed by atoms with van der Waals surface area (Å²) in [6, 6.07) is 7.22. The molecular formula is C20H26N2O5. The molecule has 0 aliphatic carbocycles. The molecule has 1 aromatic carbocycles. The van der Waals surface area contributed by atoms with Crippen LogP contribution in [0.25, 0.3) is 0 Å². The maximum Gasteiger partial charge on any atom is 0.323 e. The molecule has 0 radical (unpaired) electrons. The van der Waals surface area contributed by atoms with Gasteiger partial charge >= 0.3 is 5.97 Å². The number of rotatable bonds is 9. The number of aryl methyl sites for hydroxylation is 2. The molecule has 1 amide bonds. The quantitative estimate of drug-likeness (QED) is 0.725. The summed E-state index contributed by atoms with van der Waals surface area (Å²) in [6.45, 7) is 8.11. The van der Waals surface area contributed by atoms with Gasteiger partial charge in [0.15, 0.2) is 0 Å². The highest BCUT2D eigenvalue weighted by molar-refractivity contribution is 5.83. The number of carboxylic acids is 1. The molecule has 0 unspecified atom stereocenters. The third-order valence-electron chi connectivity index (χ3n) is 4.11. The molecule has 0 aliphatic heterocycles. The Kier molecular flexibility index (Phi) is 6.98. The Labute approximate surface area is 158 Å². The molecule has 7 heteroatoms. The SMILES string of the molecule is Cc1noc(C)c1COc1ccc(CC(=O)N(CC(=O)O)CC(C)C)cc1. The van der Waals surface area contributed by atoms with Crippen LogP contribution in [0, 0.1) is 19.8 Å². The average Bonchev–Trinajstić information content (AvgIpc) is 2.91. The van der Waals surface area contributed by atoms with E-state index in [2.05, 4.69) is 5.16 Å². The Balaban J connectivity index is 1.95. The highest BCUT2D eigenvalue weighted by atomic mass is 16.5. The number of carbonyl (C=O) groups is 2. The van der Waals surface area contributed by atoms with E-state index in [0.717, 1.165) is 22.6 Å². The van der Waals surface area contributed by atoms with Crippen LogP contribution >= 0.6 is 0 Å². The summed E-state index contributed by atoms with van der Waals surface area (Å²) in [7, 11) is 0. The molecule has 146 valence electrons. The molecule has 2 aromatic rings. The first-order valence-corrected chi connectivity index (χ1v) is 8.89. The van der Waals surface area contributed by atoms with Crippen LogP contribution in [-0.4, -0.2) is 40.1 Å². The second kappa shape index (κ2) is 9.21. The Morgan fingerprint density at radius 3 is 2.41 bits per heavy atom. The number of carbonyl (C=O) groups excluding carboxylic acids is 1. The van der Waals surface area contributed by atoms with Gasteiger partial charge in [0.1, 0.15) is 24.7 Å². The largest absolute Gasteiger partial charge is 0.489 e. The van der Waals surface area contributed by atoms with E-state index in [1.165, 1.54) is 4.90 Å². The zero-order valence-corrected chi connectivity index (χ0v) is 16.2. The number of nitrogens with zero attached hydrogens (tertiary/aromatic N) is 2. The number of hydrogen-bond donors (Lipinski definition) is 1. The maximum absolute atomic E-state index is 12.4. The van der Waals surface area contributed by atoms with Crippen LogP contribution in [0.1, 0.15) is 36.4 Å². The number of ether oxygens (including phenoxy) is 1. The molecule has 0 aliphatic rings. The summed E-state index contributed by atoms with van der Waals surface area (Å²) in [6.07, 6.45) is 0.157. The fraction of sp³-hybridized carbons (Fsp3) is 0.450. The first-order valence-electron chi connectivity index (χ1n) is 8.89. The second-order valence-electron chi connectivity index (χ2n) is 6.97. The average molecular weight is 374 g/mol. The minimum atomic E-state index is -1.01. The van der Waals surface area contributed by atoms with E-state index in [-0.39, 0.29) is 24.8 Å². The summed E-state index contributed by atoms with van der Waals surface area (Å²) in [4.78, 5) is 24.8. The van der Waals surface area contributed by atoms with Gasteiger partial charge < -0.3 is 19.3 Å². The monoisotopic (exact) mass is 374 g/mol. The van der Waals surface area contributed by atoms with Gasteiger partial charge in [0.05, 0.1) is 17.7 Å². The van der Waals surface area contributed by atoms with Gasteiger partial charge in [-0.1, -0.05) is 31.1 Å². The van der Waals surface area contributed by atoms with Gasteiger partial charge in [0.2, 0.25) is 5.91 Å². The predicted molar refractivity (Wildman–Crippen MR) is 99.5 cm³/mol. The molecule has 1 N–H and O–H groups in total. The molecule has 1 heterocycles. The standard InChI is InChI=1S/C20H26N2O5/c1-13(2)10-22(11-20(24)25)19(23)9-16-5-7-17(8-6-16)26-12-18-14(3)21-27-15(18)4/h5-8,13H,9-12H2,1-4H3,(H,24,25). The highest BCUT2D eigenvalue weighted by Gasteiger charge is 2.18. The van der Waals surface area contributed by atoms with Crippen molar-refractivity contribution in [3.8, 4) is 5.75 Å². The van der Waals surface area contributed by atoms with Crippen LogP contribution in [0.15, 0.2) is 28.8 Å². The van der Waals surface area contributed by atoms with Crippen molar-refractivity contribution >= 4 is 11.9 Å². The van der Waals surface area contributed by atoms with Crippen molar-refractivity contribution in [2.75, 3.05) is 13.1 Å². The minimum absolute atomic E-state index is 0.157. The Morgan fingerprint density at radius 2 is 1.89 bits per heavy atom. The third-order valence-corrected chi connectivity index (χ3v) is 4.11. The normalized spacial score (nSPS) is 10.9. The zero-order chi connectivity index (χ0) is 20.0. The van der Waals surface area contributed by atoms with Crippen LogP contribution in [0.5, 0.6) is 5.75 Å². The fourth-order valence-corrected chi connectivity index (χ4v) is 2.71. The van der Waals surface area contributed by atoms with Crippen LogP contribution in [-0.2, 0) is 22.6 Å². The molecule has 0 atom stereocenters. The second-order valence-corrected chi connectivity index (χ2v) is 6.97. The van der Waals surface area contributed by atoms with E-state index in [0.29, 0.717) is 18.9 Å². The van der Waals surface area contributed by atoms with Gasteiger partial charge in [0, 0.05) is 6.54 Å². The van der Waals surface area contributed by atoms with E-state index in [1.807, 2.05) is 39.8 Å². The lowest BCUT2D eigenvalue weighted by Gasteiger charge is -2.22. The molecule has 0 bridgehead atoms. The van der Waals surface area contributed by atoms with Gasteiger partial charge in [-0.25, -0.2) is 0 Å². The lowest BCUT2D eigenvalue weighted by Crippen LogP contribution is -2.39. The van der Waals surface area contributed by atoms with Gasteiger partial charge in [-0.15, -0.1) is 0 Å². The number of aromatic nitrogens is 1. The maximum atomic E-state index is 12.4. The molecule has 7 nitrogen and oxygen atoms in total. The van der Waals surface area contributed by atoms with Crippen molar-refractivity contribution < 1.29 is 24.0 Å². The lowest BCUT2D eigenvalue weighted by molar-refractivity contribution is -0.144. The minimum Gasteiger partial charge on any atom is -0.489 e. The van der Waals surface area contributed by atoms with Crippen molar-refractivity contribution in [2.45, 2.75) is 40.7 Å². The van der Waals surface area contributed by atoms with E-state index in [4.69, 9.17) is 14.4 Å². The highest BCUT2D eigenvalue weighted by Crippen LogP contribution is 2.18. The molecule has 27 heavy (non-hydrogen) atoms. The van der Waals surface area contributed by atoms with E-state index in [1.54, 1.807) is 12.1 Å². The summed E-state index contributed by atoms with van der Waals surface area (Å²) in [5.41, 5.74) is 2.54. The number of hydrogen-bond acceptors (Lipinski definition) is 5. The molecule has 0 spiro atoms. The number of benzene rings is 1. The van der Waals surface area contributed by atoms with Crippen LogP contribution in [0.2, 0.25) is 0 Å². The Morgan fingerprint density at radius 1 is 1.22 bits per heavy atom. The van der Waals surface area contributed by atoms with Gasteiger partial charge in [0.25, 0.3) is 0 Å². The van der Waals surface area contributed by atoms with Gasteiger partial charge in [-0.3, -0.25) is 9.59 Å². The number of amides is 1. The van der Waals surface area contributed by atoms with Crippen LogP contribution < -0.4 is 4.74 Å². The van der Waals surface area contributed by atoms with E-state index >= 15 is 0 Å². The molecule has 2 rings (SSSR count). The summed E-state index contributed by atoms with van der Waals surface area (Å²) >= 11 is 0. The topological polar surface area (TPSA) is 92.9 Å². The van der Waals surface area contributed by atoms with Crippen LogP contribution in [0.3, 0.4) is 0 Å². The first-order chi connectivity index (χ1) is 12.8.